The molecule has 9 heteroatoms. The molecule has 0 bridgehead atoms. The van der Waals surface area contributed by atoms with Crippen LogP contribution in [-0.4, -0.2) is 66.3 Å². The summed E-state index contributed by atoms with van der Waals surface area (Å²) in [5.74, 6) is 0.800. The largest absolute Gasteiger partial charge is 0.443 e. The Kier molecular flexibility index (Phi) is 9.17. The van der Waals surface area contributed by atoms with Gasteiger partial charge < -0.3 is 19.3 Å². The van der Waals surface area contributed by atoms with Gasteiger partial charge in [-0.3, -0.25) is 9.59 Å². The maximum absolute atomic E-state index is 13.0. The number of nitriles is 1. The number of hydrogen-bond acceptors (Lipinski definition) is 7. The van der Waals surface area contributed by atoms with Crippen LogP contribution in [0.2, 0.25) is 0 Å². The van der Waals surface area contributed by atoms with Crippen LogP contribution < -0.4 is 9.47 Å². The first kappa shape index (κ1) is 26.4. The molecule has 0 saturated carbocycles. The molecule has 0 unspecified atom stereocenters. The Hall–Kier alpha value is -4.19. The second-order valence-corrected chi connectivity index (χ2v) is 7.93. The minimum absolute atomic E-state index is 0.0373. The van der Waals surface area contributed by atoms with Crippen LogP contribution in [0.1, 0.15) is 60.4 Å². The lowest BCUT2D eigenvalue weighted by Gasteiger charge is -2.21. The summed E-state index contributed by atoms with van der Waals surface area (Å²) in [6.45, 7) is 10.4. The first-order chi connectivity index (χ1) is 17.4. The van der Waals surface area contributed by atoms with Gasteiger partial charge in [0.05, 0.1) is 23.7 Å². The molecule has 0 saturated heterocycles. The summed E-state index contributed by atoms with van der Waals surface area (Å²) >= 11 is 0. The van der Waals surface area contributed by atoms with E-state index in [2.05, 4.69) is 16.1 Å². The number of carbonyl (C=O) groups is 2. The van der Waals surface area contributed by atoms with Gasteiger partial charge >= 0.3 is 6.02 Å². The Morgan fingerprint density at radius 3 is 2.31 bits per heavy atom. The van der Waals surface area contributed by atoms with E-state index in [1.807, 2.05) is 27.7 Å². The van der Waals surface area contributed by atoms with Gasteiger partial charge in [-0.05, 0) is 64.1 Å². The van der Waals surface area contributed by atoms with Gasteiger partial charge in [-0.25, -0.2) is 4.99 Å². The van der Waals surface area contributed by atoms with Crippen molar-refractivity contribution in [1.29, 1.82) is 5.26 Å². The third kappa shape index (κ3) is 6.27. The van der Waals surface area contributed by atoms with Crippen molar-refractivity contribution >= 4 is 23.7 Å². The standard InChI is InChI=1S/C27H31N5O4/c1-5-31(6-2)25(33)20-10-9-11-21(17-20)35-24-14-15-29-27(30-24)36-23-16-19(18-28)12-13-22(23)26(34)32(7-3)8-4/h9-13,16-17H,5-8,14-15H2,1-4H3. The molecule has 36 heavy (non-hydrogen) atoms. The summed E-state index contributed by atoms with van der Waals surface area (Å²) in [6.07, 6.45) is 0.449. The molecule has 3 rings (SSSR count). The lowest BCUT2D eigenvalue weighted by molar-refractivity contribution is 0.0763. The van der Waals surface area contributed by atoms with Crippen LogP contribution in [0.4, 0.5) is 0 Å². The third-order valence-corrected chi connectivity index (χ3v) is 5.75. The summed E-state index contributed by atoms with van der Waals surface area (Å²) < 4.78 is 11.9. The fraction of sp³-hybridized carbons (Fsp3) is 0.370. The molecule has 0 atom stereocenters. The van der Waals surface area contributed by atoms with E-state index < -0.39 is 0 Å². The summed E-state index contributed by atoms with van der Waals surface area (Å²) in [7, 11) is 0. The van der Waals surface area contributed by atoms with E-state index in [0.29, 0.717) is 67.5 Å². The van der Waals surface area contributed by atoms with Gasteiger partial charge in [-0.15, -0.1) is 0 Å². The molecule has 1 aliphatic heterocycles. The molecule has 9 nitrogen and oxygen atoms in total. The Balaban J connectivity index is 1.82. The molecule has 0 N–H and O–H groups in total. The van der Waals surface area contributed by atoms with E-state index in [1.54, 1.807) is 46.2 Å². The zero-order valence-corrected chi connectivity index (χ0v) is 21.2. The molecule has 2 aromatic rings. The number of hydrogen-bond donors (Lipinski definition) is 0. The van der Waals surface area contributed by atoms with Crippen molar-refractivity contribution in [2.24, 2.45) is 9.98 Å². The van der Waals surface area contributed by atoms with Crippen molar-refractivity contribution in [2.75, 3.05) is 32.7 Å². The molecule has 0 radical (unpaired) electrons. The summed E-state index contributed by atoms with van der Waals surface area (Å²) in [4.78, 5) is 37.8. The molecule has 188 valence electrons. The van der Waals surface area contributed by atoms with E-state index in [-0.39, 0.29) is 23.6 Å². The van der Waals surface area contributed by atoms with Gasteiger partial charge in [-0.2, -0.15) is 10.3 Å². The lowest BCUT2D eigenvalue weighted by Crippen LogP contribution is -2.31. The van der Waals surface area contributed by atoms with Crippen molar-refractivity contribution < 1.29 is 19.1 Å². The SMILES string of the molecule is CCN(CC)C(=O)c1cccc(OC2=NC(Oc3cc(C#N)ccc3C(=O)N(CC)CC)=NCC2)c1. The quantitative estimate of drug-likeness (QED) is 0.554. The molecule has 1 heterocycles. The fourth-order valence-corrected chi connectivity index (χ4v) is 3.73. The lowest BCUT2D eigenvalue weighted by atomic mass is 10.1. The summed E-state index contributed by atoms with van der Waals surface area (Å²) in [6, 6.07) is 13.7. The zero-order chi connectivity index (χ0) is 26.1. The predicted molar refractivity (Wildman–Crippen MR) is 138 cm³/mol. The van der Waals surface area contributed by atoms with E-state index in [4.69, 9.17) is 9.47 Å². The monoisotopic (exact) mass is 489 g/mol. The van der Waals surface area contributed by atoms with Crippen LogP contribution in [0.25, 0.3) is 0 Å². The number of ether oxygens (including phenoxy) is 2. The topological polar surface area (TPSA) is 108 Å². The number of amides is 2. The van der Waals surface area contributed by atoms with Crippen LogP contribution in [-0.2, 0) is 0 Å². The maximum atomic E-state index is 13.0. The van der Waals surface area contributed by atoms with E-state index in [9.17, 15) is 14.9 Å². The highest BCUT2D eigenvalue weighted by molar-refractivity contribution is 5.99. The predicted octanol–water partition coefficient (Wildman–Crippen LogP) is 4.14. The second-order valence-electron chi connectivity index (χ2n) is 7.93. The molecule has 0 fully saturated rings. The number of rotatable bonds is 8. The van der Waals surface area contributed by atoms with Crippen molar-refractivity contribution in [1.82, 2.24) is 9.80 Å². The van der Waals surface area contributed by atoms with Gasteiger partial charge in [0.1, 0.15) is 11.5 Å². The van der Waals surface area contributed by atoms with Gasteiger partial charge in [0.15, 0.2) is 0 Å². The van der Waals surface area contributed by atoms with E-state index >= 15 is 0 Å². The molecular weight excluding hydrogens is 458 g/mol. The molecular formula is C27H31N5O4. The minimum atomic E-state index is -0.203. The molecule has 1 aliphatic rings. The zero-order valence-electron chi connectivity index (χ0n) is 21.2. The third-order valence-electron chi connectivity index (χ3n) is 5.75. The van der Waals surface area contributed by atoms with Crippen LogP contribution >= 0.6 is 0 Å². The van der Waals surface area contributed by atoms with Gasteiger partial charge in [0, 0.05) is 38.2 Å². The number of aliphatic imine (C=N–C) groups is 2. The minimum Gasteiger partial charge on any atom is -0.443 e. The smallest absolute Gasteiger partial charge is 0.320 e. The normalized spacial score (nSPS) is 12.6. The van der Waals surface area contributed by atoms with E-state index in [0.717, 1.165) is 0 Å². The Morgan fingerprint density at radius 2 is 1.64 bits per heavy atom. The molecule has 0 spiro atoms. The summed E-state index contributed by atoms with van der Waals surface area (Å²) in [5, 5.41) is 9.33. The Bertz CT molecular complexity index is 1210. The average molecular weight is 490 g/mol. The number of benzene rings is 2. The molecule has 0 aliphatic carbocycles. The maximum Gasteiger partial charge on any atom is 0.320 e. The number of carbonyl (C=O) groups excluding carboxylic acids is 2. The number of nitrogens with zero attached hydrogens (tertiary/aromatic N) is 5. The van der Waals surface area contributed by atoms with E-state index in [1.165, 1.54) is 6.07 Å². The van der Waals surface area contributed by atoms with Crippen molar-refractivity contribution in [2.45, 2.75) is 34.1 Å². The summed E-state index contributed by atoms with van der Waals surface area (Å²) in [5.41, 5.74) is 1.21. The number of amidine groups is 1. The van der Waals surface area contributed by atoms with Crippen LogP contribution in [0.15, 0.2) is 52.4 Å². The fourth-order valence-electron chi connectivity index (χ4n) is 3.73. The average Bonchev–Trinajstić information content (AvgIpc) is 2.90. The molecule has 2 aromatic carbocycles. The first-order valence-corrected chi connectivity index (χ1v) is 12.1. The van der Waals surface area contributed by atoms with Gasteiger partial charge in [0.2, 0.25) is 5.90 Å². The Labute approximate surface area is 211 Å². The molecule has 2 amide bonds. The van der Waals surface area contributed by atoms with Crippen molar-refractivity contribution in [3.8, 4) is 17.6 Å². The highest BCUT2D eigenvalue weighted by Crippen LogP contribution is 2.24. The first-order valence-electron chi connectivity index (χ1n) is 12.1. The van der Waals surface area contributed by atoms with Gasteiger partial charge in [-0.1, -0.05) is 6.07 Å². The van der Waals surface area contributed by atoms with Crippen molar-refractivity contribution in [3.63, 3.8) is 0 Å². The van der Waals surface area contributed by atoms with Crippen LogP contribution in [0.5, 0.6) is 11.5 Å². The van der Waals surface area contributed by atoms with Crippen LogP contribution in [0.3, 0.4) is 0 Å². The Morgan fingerprint density at radius 1 is 0.944 bits per heavy atom. The van der Waals surface area contributed by atoms with Gasteiger partial charge in [0.25, 0.3) is 11.8 Å². The highest BCUT2D eigenvalue weighted by atomic mass is 16.5. The highest BCUT2D eigenvalue weighted by Gasteiger charge is 2.21. The molecule has 0 aromatic heterocycles. The van der Waals surface area contributed by atoms with Crippen LogP contribution in [0, 0.1) is 11.3 Å². The second kappa shape index (κ2) is 12.5. The van der Waals surface area contributed by atoms with Crippen molar-refractivity contribution in [3.05, 3.63) is 59.2 Å².